The zero-order valence-corrected chi connectivity index (χ0v) is 14.2. The molecule has 1 atom stereocenters. The lowest BCUT2D eigenvalue weighted by Crippen LogP contribution is -2.30. The van der Waals surface area contributed by atoms with Crippen molar-refractivity contribution in [3.05, 3.63) is 53.5 Å². The van der Waals surface area contributed by atoms with Crippen LogP contribution in [0.4, 0.5) is 5.69 Å². The Kier molecular flexibility index (Phi) is 5.07. The van der Waals surface area contributed by atoms with Gasteiger partial charge in [-0.1, -0.05) is 18.2 Å². The number of para-hydroxylation sites is 1. The molecule has 1 amide bonds. The molecule has 0 saturated heterocycles. The molecule has 0 spiro atoms. The standard InChI is InChI=1S/C19H22N2O4/c1-13-11-14-5-2-3-6-16(14)21(13)12-15-8-10-25-18(15)19(24)20-9-4-7-17(22)23/h2-3,5-6,8,10,13H,4,7,9,11-12H2,1H3,(H,20,24)(H,22,23). The number of benzene rings is 1. The second kappa shape index (κ2) is 7.42. The van der Waals surface area contributed by atoms with Crippen molar-refractivity contribution in [1.82, 2.24) is 5.32 Å². The number of carbonyl (C=O) groups excluding carboxylic acids is 1. The maximum Gasteiger partial charge on any atom is 0.303 e. The summed E-state index contributed by atoms with van der Waals surface area (Å²) in [5, 5.41) is 11.4. The first-order chi connectivity index (χ1) is 12.1. The van der Waals surface area contributed by atoms with Crippen molar-refractivity contribution in [1.29, 1.82) is 0 Å². The van der Waals surface area contributed by atoms with Gasteiger partial charge in [-0.25, -0.2) is 0 Å². The van der Waals surface area contributed by atoms with Crippen LogP contribution in [0.2, 0.25) is 0 Å². The average molecular weight is 342 g/mol. The van der Waals surface area contributed by atoms with Crippen molar-refractivity contribution in [3.8, 4) is 0 Å². The Labute approximate surface area is 146 Å². The molecule has 2 N–H and O–H groups in total. The lowest BCUT2D eigenvalue weighted by molar-refractivity contribution is -0.137. The number of hydrogen-bond acceptors (Lipinski definition) is 4. The quantitative estimate of drug-likeness (QED) is 0.756. The third-order valence-electron chi connectivity index (χ3n) is 4.50. The molecule has 0 saturated carbocycles. The lowest BCUT2D eigenvalue weighted by Gasteiger charge is -2.24. The van der Waals surface area contributed by atoms with Crippen LogP contribution in [0, 0.1) is 0 Å². The summed E-state index contributed by atoms with van der Waals surface area (Å²) in [6.07, 6.45) is 2.94. The lowest BCUT2D eigenvalue weighted by atomic mass is 10.1. The van der Waals surface area contributed by atoms with E-state index in [1.807, 2.05) is 18.2 Å². The van der Waals surface area contributed by atoms with Crippen LogP contribution in [-0.4, -0.2) is 29.6 Å². The fraction of sp³-hybridized carbons (Fsp3) is 0.368. The van der Waals surface area contributed by atoms with E-state index in [-0.39, 0.29) is 12.3 Å². The molecule has 2 heterocycles. The number of amides is 1. The first kappa shape index (κ1) is 17.1. The van der Waals surface area contributed by atoms with Gasteiger partial charge in [-0.15, -0.1) is 0 Å². The molecular weight excluding hydrogens is 320 g/mol. The summed E-state index contributed by atoms with van der Waals surface area (Å²) < 4.78 is 5.38. The highest BCUT2D eigenvalue weighted by Crippen LogP contribution is 2.33. The number of anilines is 1. The number of carbonyl (C=O) groups is 2. The number of aliphatic carboxylic acids is 1. The van der Waals surface area contributed by atoms with Crippen LogP contribution in [-0.2, 0) is 17.8 Å². The Hall–Kier alpha value is -2.76. The minimum atomic E-state index is -0.866. The van der Waals surface area contributed by atoms with Gasteiger partial charge in [0.2, 0.25) is 0 Å². The summed E-state index contributed by atoms with van der Waals surface area (Å²) in [6, 6.07) is 10.5. The van der Waals surface area contributed by atoms with E-state index in [0.717, 1.165) is 12.0 Å². The van der Waals surface area contributed by atoms with Crippen molar-refractivity contribution in [2.24, 2.45) is 0 Å². The number of fused-ring (bicyclic) bond motifs is 1. The van der Waals surface area contributed by atoms with Gasteiger partial charge in [0, 0.05) is 36.8 Å². The van der Waals surface area contributed by atoms with Gasteiger partial charge >= 0.3 is 5.97 Å². The molecule has 1 aliphatic heterocycles. The summed E-state index contributed by atoms with van der Waals surface area (Å²) in [4.78, 5) is 25.1. The predicted molar refractivity (Wildman–Crippen MR) is 93.7 cm³/mol. The molecule has 0 bridgehead atoms. The molecule has 1 aromatic heterocycles. The third kappa shape index (κ3) is 3.84. The van der Waals surface area contributed by atoms with Gasteiger partial charge in [0.05, 0.1) is 6.26 Å². The smallest absolute Gasteiger partial charge is 0.303 e. The third-order valence-corrected chi connectivity index (χ3v) is 4.50. The first-order valence-corrected chi connectivity index (χ1v) is 8.47. The Bertz CT molecular complexity index is 768. The summed E-state index contributed by atoms with van der Waals surface area (Å²) in [6.45, 7) is 3.09. The van der Waals surface area contributed by atoms with Gasteiger partial charge in [0.1, 0.15) is 0 Å². The Balaban J connectivity index is 1.66. The van der Waals surface area contributed by atoms with Crippen LogP contribution in [0.3, 0.4) is 0 Å². The number of rotatable bonds is 7. The van der Waals surface area contributed by atoms with Gasteiger partial charge in [0.25, 0.3) is 5.91 Å². The minimum Gasteiger partial charge on any atom is -0.481 e. The maximum atomic E-state index is 12.3. The van der Waals surface area contributed by atoms with Crippen molar-refractivity contribution in [2.45, 2.75) is 38.8 Å². The van der Waals surface area contributed by atoms with Crippen LogP contribution in [0.15, 0.2) is 41.0 Å². The molecule has 0 radical (unpaired) electrons. The number of carboxylic acids is 1. The number of furan rings is 1. The molecule has 0 fully saturated rings. The van der Waals surface area contributed by atoms with Crippen molar-refractivity contribution in [2.75, 3.05) is 11.4 Å². The fourth-order valence-corrected chi connectivity index (χ4v) is 3.24. The van der Waals surface area contributed by atoms with E-state index in [1.165, 1.54) is 17.5 Å². The normalized spacial score (nSPS) is 15.9. The van der Waals surface area contributed by atoms with Crippen LogP contribution < -0.4 is 10.2 Å². The van der Waals surface area contributed by atoms with Gasteiger partial charge in [-0.3, -0.25) is 9.59 Å². The Morgan fingerprint density at radius 3 is 2.92 bits per heavy atom. The molecule has 2 aromatic rings. The van der Waals surface area contributed by atoms with E-state index in [1.54, 1.807) is 0 Å². The van der Waals surface area contributed by atoms with E-state index in [2.05, 4.69) is 29.3 Å². The highest BCUT2D eigenvalue weighted by molar-refractivity contribution is 5.93. The van der Waals surface area contributed by atoms with Gasteiger partial charge in [-0.05, 0) is 37.5 Å². The Morgan fingerprint density at radius 1 is 1.32 bits per heavy atom. The summed E-state index contributed by atoms with van der Waals surface area (Å²) in [5.41, 5.74) is 3.35. The van der Waals surface area contributed by atoms with E-state index in [4.69, 9.17) is 9.52 Å². The highest BCUT2D eigenvalue weighted by atomic mass is 16.4. The molecule has 1 aliphatic rings. The molecule has 3 rings (SSSR count). The summed E-state index contributed by atoms with van der Waals surface area (Å²) in [7, 11) is 0. The largest absolute Gasteiger partial charge is 0.481 e. The molecule has 132 valence electrons. The number of hydrogen-bond donors (Lipinski definition) is 2. The molecular formula is C19H22N2O4. The second-order valence-electron chi connectivity index (χ2n) is 6.34. The first-order valence-electron chi connectivity index (χ1n) is 8.47. The van der Waals surface area contributed by atoms with Crippen molar-refractivity contribution >= 4 is 17.6 Å². The topological polar surface area (TPSA) is 82.8 Å². The molecule has 6 nitrogen and oxygen atoms in total. The van der Waals surface area contributed by atoms with Gasteiger partial charge in [0.15, 0.2) is 5.76 Å². The molecule has 1 unspecified atom stereocenters. The Morgan fingerprint density at radius 2 is 2.12 bits per heavy atom. The minimum absolute atomic E-state index is 0.0351. The predicted octanol–water partition coefficient (Wildman–Crippen LogP) is 2.83. The van der Waals surface area contributed by atoms with E-state index >= 15 is 0 Å². The monoisotopic (exact) mass is 342 g/mol. The van der Waals surface area contributed by atoms with E-state index in [0.29, 0.717) is 31.3 Å². The number of nitrogens with zero attached hydrogens (tertiary/aromatic N) is 1. The van der Waals surface area contributed by atoms with Gasteiger partial charge in [-0.2, -0.15) is 0 Å². The number of carboxylic acid groups (broad SMARTS) is 1. The fourth-order valence-electron chi connectivity index (χ4n) is 3.24. The molecule has 0 aliphatic carbocycles. The maximum absolute atomic E-state index is 12.3. The molecule has 6 heteroatoms. The SMILES string of the molecule is CC1Cc2ccccc2N1Cc1ccoc1C(=O)NCCCC(=O)O. The van der Waals surface area contributed by atoms with E-state index < -0.39 is 5.97 Å². The van der Waals surface area contributed by atoms with Crippen LogP contribution in [0.25, 0.3) is 0 Å². The van der Waals surface area contributed by atoms with Crippen LogP contribution in [0.1, 0.15) is 41.4 Å². The summed E-state index contributed by atoms with van der Waals surface area (Å²) in [5.74, 6) is -0.868. The highest BCUT2D eigenvalue weighted by Gasteiger charge is 2.27. The summed E-state index contributed by atoms with van der Waals surface area (Å²) >= 11 is 0. The van der Waals surface area contributed by atoms with Crippen molar-refractivity contribution < 1.29 is 19.1 Å². The number of nitrogens with one attached hydrogen (secondary N) is 1. The van der Waals surface area contributed by atoms with Crippen LogP contribution >= 0.6 is 0 Å². The molecule has 25 heavy (non-hydrogen) atoms. The average Bonchev–Trinajstić information content (AvgIpc) is 3.17. The van der Waals surface area contributed by atoms with Crippen LogP contribution in [0.5, 0.6) is 0 Å². The zero-order chi connectivity index (χ0) is 17.8. The van der Waals surface area contributed by atoms with E-state index in [9.17, 15) is 9.59 Å². The van der Waals surface area contributed by atoms with Crippen molar-refractivity contribution in [3.63, 3.8) is 0 Å². The van der Waals surface area contributed by atoms with Gasteiger partial charge < -0.3 is 19.7 Å². The molecule has 1 aromatic carbocycles. The zero-order valence-electron chi connectivity index (χ0n) is 14.2. The second-order valence-corrected chi connectivity index (χ2v) is 6.34.